The number of hydrogen-bond donors (Lipinski definition) is 1. The Balaban J connectivity index is 0.000000243. The van der Waals surface area contributed by atoms with Gasteiger partial charge in [0.15, 0.2) is 19.9 Å². The van der Waals surface area contributed by atoms with Crippen molar-refractivity contribution in [1.29, 1.82) is 0 Å². The minimum absolute atomic E-state index is 0.0376. The van der Waals surface area contributed by atoms with Crippen molar-refractivity contribution in [2.45, 2.75) is 89.8 Å². The Morgan fingerprint density at radius 2 is 1.06 bits per heavy atom. The van der Waals surface area contributed by atoms with Crippen LogP contribution in [0.25, 0.3) is 0 Å². The van der Waals surface area contributed by atoms with Crippen LogP contribution in [0, 0.1) is 0 Å². The van der Waals surface area contributed by atoms with Gasteiger partial charge in [-0.3, -0.25) is 19.2 Å². The van der Waals surface area contributed by atoms with E-state index < -0.39 is 32.3 Å². The average Bonchev–Trinajstić information content (AvgIpc) is 3.39. The molecule has 2 aliphatic rings. The second-order valence-corrected chi connectivity index (χ2v) is 22.8. The number of carbonyl (C=O) groups is 6. The Morgan fingerprint density at radius 3 is 1.43 bits per heavy atom. The Labute approximate surface area is 379 Å². The van der Waals surface area contributed by atoms with Crippen molar-refractivity contribution in [1.82, 2.24) is 9.80 Å². The first-order valence-corrected chi connectivity index (χ1v) is 24.3. The number of hydrogen-bond acceptors (Lipinski definition) is 10. The van der Waals surface area contributed by atoms with E-state index in [4.69, 9.17) is 32.4 Å². The molecule has 0 bridgehead atoms. The van der Waals surface area contributed by atoms with Gasteiger partial charge in [-0.1, -0.05) is 68.2 Å². The predicted molar refractivity (Wildman–Crippen MR) is 243 cm³/mol. The van der Waals surface area contributed by atoms with E-state index in [1.807, 2.05) is 0 Å². The molecule has 334 valence electrons. The van der Waals surface area contributed by atoms with Crippen LogP contribution in [-0.4, -0.2) is 98.1 Å². The lowest BCUT2D eigenvalue weighted by Crippen LogP contribution is -2.46. The zero-order chi connectivity index (χ0) is 46.2. The van der Waals surface area contributed by atoms with Crippen molar-refractivity contribution in [2.24, 2.45) is 0 Å². The van der Waals surface area contributed by atoms with Crippen molar-refractivity contribution in [3.63, 3.8) is 0 Å². The molecule has 2 aliphatic heterocycles. The van der Waals surface area contributed by atoms with Crippen LogP contribution in [-0.2, 0) is 49.4 Å². The predicted octanol–water partition coefficient (Wildman–Crippen LogP) is 8.32. The van der Waals surface area contributed by atoms with Crippen LogP contribution in [0.3, 0.4) is 0 Å². The molecule has 0 aromatic heterocycles. The van der Waals surface area contributed by atoms with Gasteiger partial charge in [0.1, 0.15) is 0 Å². The number of carbonyl (C=O) groups excluding carboxylic acids is 6. The first kappa shape index (κ1) is 48.8. The molecule has 0 radical (unpaired) electrons. The lowest BCUT2D eigenvalue weighted by Gasteiger charge is -2.37. The largest absolute Gasteiger partial charge is 0.465 e. The van der Waals surface area contributed by atoms with E-state index in [1.54, 1.807) is 89.8 Å². The van der Waals surface area contributed by atoms with E-state index in [-0.39, 0.29) is 67.4 Å². The van der Waals surface area contributed by atoms with Gasteiger partial charge in [0, 0.05) is 60.3 Å². The molecule has 1 N–H and O–H groups in total. The van der Waals surface area contributed by atoms with E-state index in [0.717, 1.165) is 11.1 Å². The second kappa shape index (κ2) is 21.0. The summed E-state index contributed by atoms with van der Waals surface area (Å²) < 4.78 is 15.8. The number of halogens is 2. The van der Waals surface area contributed by atoms with Crippen molar-refractivity contribution < 1.29 is 47.8 Å². The number of benzene rings is 4. The van der Waals surface area contributed by atoms with Gasteiger partial charge < -0.3 is 28.8 Å². The Kier molecular flexibility index (Phi) is 16.3. The highest BCUT2D eigenvalue weighted by Gasteiger charge is 2.40. The normalized spacial score (nSPS) is 16.6. The van der Waals surface area contributed by atoms with Crippen molar-refractivity contribution in [3.8, 4) is 0 Å². The van der Waals surface area contributed by atoms with Crippen LogP contribution in [0.5, 0.6) is 0 Å². The highest BCUT2D eigenvalue weighted by atomic mass is 35.5. The molecule has 0 fully saturated rings. The molecule has 0 saturated carbocycles. The highest BCUT2D eigenvalue weighted by molar-refractivity contribution is 6.74. The van der Waals surface area contributed by atoms with Crippen molar-refractivity contribution in [2.75, 3.05) is 27.4 Å². The molecule has 63 heavy (non-hydrogen) atoms. The lowest BCUT2D eigenvalue weighted by atomic mass is 10.0. The fourth-order valence-electron chi connectivity index (χ4n) is 7.27. The molecule has 0 saturated heterocycles. The number of aliphatic hydroxyl groups excluding tert-OH is 1. The summed E-state index contributed by atoms with van der Waals surface area (Å²) in [5.74, 6) is -1.55. The smallest absolute Gasteiger partial charge is 0.337 e. The number of rotatable bonds is 12. The van der Waals surface area contributed by atoms with Gasteiger partial charge in [-0.05, 0) is 114 Å². The van der Waals surface area contributed by atoms with E-state index in [2.05, 4.69) is 38.6 Å². The SMILES string of the molecule is COC(=O)c1ccc(CN2C(=O)c3ccc(Cl)cc3CC(=O)[C@H]2CCO)cc1.COC(=O)c1ccc(CN2C(=O)c3ccc(Cl)cc3CC(=O)[C@H]2CCO[Si](C)(C)C(C)(C)C)cc1. The molecule has 0 aliphatic carbocycles. The fraction of sp³-hybridized carbons (Fsp3) is 0.375. The molecule has 2 heterocycles. The molecule has 4 aromatic rings. The summed E-state index contributed by atoms with van der Waals surface area (Å²) in [5, 5.41) is 10.4. The molecule has 2 amide bonds. The molecule has 15 heteroatoms. The molecule has 2 atom stereocenters. The second-order valence-electron chi connectivity index (χ2n) is 17.1. The van der Waals surface area contributed by atoms with Crippen LogP contribution in [0.15, 0.2) is 84.9 Å². The molecule has 6 rings (SSSR count). The molecule has 12 nitrogen and oxygen atoms in total. The summed E-state index contributed by atoms with van der Waals surface area (Å²) >= 11 is 12.2. The van der Waals surface area contributed by atoms with E-state index in [0.29, 0.717) is 56.5 Å². The Morgan fingerprint density at radius 1 is 0.667 bits per heavy atom. The maximum atomic E-state index is 13.7. The zero-order valence-corrected chi connectivity index (χ0v) is 39.2. The topological polar surface area (TPSA) is 157 Å². The zero-order valence-electron chi connectivity index (χ0n) is 36.7. The maximum absolute atomic E-state index is 13.7. The summed E-state index contributed by atoms with van der Waals surface area (Å²) in [6, 6.07) is 22.1. The molecular weight excluding hydrogens is 864 g/mol. The van der Waals surface area contributed by atoms with Crippen molar-refractivity contribution >= 4 is 66.8 Å². The van der Waals surface area contributed by atoms with Gasteiger partial charge >= 0.3 is 11.9 Å². The number of methoxy groups -OCH3 is 2. The Bertz CT molecular complexity index is 2340. The number of amides is 2. The highest BCUT2D eigenvalue weighted by Crippen LogP contribution is 2.37. The molecule has 0 unspecified atom stereocenters. The number of ether oxygens (including phenoxy) is 2. The minimum atomic E-state index is -2.00. The van der Waals surface area contributed by atoms with Crippen LogP contribution in [0.2, 0.25) is 28.2 Å². The van der Waals surface area contributed by atoms with E-state index in [9.17, 15) is 33.9 Å². The summed E-state index contributed by atoms with van der Waals surface area (Å²) in [7, 11) is 0.633. The third kappa shape index (κ3) is 11.9. The van der Waals surface area contributed by atoms with E-state index >= 15 is 0 Å². The molecule has 0 spiro atoms. The van der Waals surface area contributed by atoms with Gasteiger partial charge in [0.25, 0.3) is 11.8 Å². The van der Waals surface area contributed by atoms with Crippen LogP contribution >= 0.6 is 23.2 Å². The monoisotopic (exact) mass is 916 g/mol. The summed E-state index contributed by atoms with van der Waals surface area (Å²) in [4.78, 5) is 79.6. The van der Waals surface area contributed by atoms with Gasteiger partial charge in [0.2, 0.25) is 0 Å². The summed E-state index contributed by atoms with van der Waals surface area (Å²) in [5.41, 5.74) is 4.55. The number of nitrogens with zero attached hydrogens (tertiary/aromatic N) is 2. The van der Waals surface area contributed by atoms with Crippen LogP contribution in [0.4, 0.5) is 0 Å². The maximum Gasteiger partial charge on any atom is 0.337 e. The number of esters is 2. The van der Waals surface area contributed by atoms with E-state index in [1.165, 1.54) is 19.1 Å². The van der Waals surface area contributed by atoms with Crippen LogP contribution in [0.1, 0.15) is 97.3 Å². The number of ketones is 2. The summed E-state index contributed by atoms with van der Waals surface area (Å²) in [6.07, 6.45) is 0.805. The lowest BCUT2D eigenvalue weighted by molar-refractivity contribution is -0.124. The van der Waals surface area contributed by atoms with Gasteiger partial charge in [-0.25, -0.2) is 9.59 Å². The standard InChI is InChI=1S/C27H34ClNO5Si.C21H20ClNO5/c1-27(2,3)35(5,6)34-14-13-23-24(30)16-20-15-21(28)11-12-22(20)25(31)29(23)17-18-7-9-19(10-8-18)26(32)33-4;1-28-21(27)14-4-2-13(3-5-14)12-23-18(8-9-24)19(25)11-15-10-16(22)6-7-17(15)20(23)26/h7-12,15,23H,13-14,16-17H2,1-6H3;2-7,10,18,24H,8-9,11-12H2,1H3/t23-;18-/m11/s1. The molecule has 4 aromatic carbocycles. The van der Waals surface area contributed by atoms with Crippen LogP contribution < -0.4 is 0 Å². The number of aliphatic hydroxyl groups is 1. The first-order chi connectivity index (χ1) is 29.8. The quantitative estimate of drug-likeness (QED) is 0.108. The Hall–Kier alpha value is -5.18. The minimum Gasteiger partial charge on any atom is -0.465 e. The van der Waals surface area contributed by atoms with Gasteiger partial charge in [-0.15, -0.1) is 0 Å². The van der Waals surface area contributed by atoms with Crippen molar-refractivity contribution in [3.05, 3.63) is 139 Å². The van der Waals surface area contributed by atoms with Gasteiger partial charge in [0.05, 0.1) is 37.4 Å². The third-order valence-corrected chi connectivity index (χ3v) is 16.9. The number of fused-ring (bicyclic) bond motifs is 2. The average molecular weight is 918 g/mol. The summed E-state index contributed by atoms with van der Waals surface area (Å²) in [6.45, 7) is 11.5. The molecular formula is C48H54Cl2N2O10Si. The third-order valence-electron chi connectivity index (χ3n) is 11.9. The first-order valence-electron chi connectivity index (χ1n) is 20.6. The van der Waals surface area contributed by atoms with Gasteiger partial charge in [-0.2, -0.15) is 0 Å². The fourth-order valence-corrected chi connectivity index (χ4v) is 8.72. The number of Topliss-reactive ketones (excluding diaryl/α,β-unsaturated/α-hetero) is 2.